The molecule has 4 aliphatic carbocycles. The lowest BCUT2D eigenvalue weighted by Crippen LogP contribution is -2.69. The van der Waals surface area contributed by atoms with Gasteiger partial charge in [-0.2, -0.15) is 0 Å². The highest BCUT2D eigenvalue weighted by Gasteiger charge is 2.76. The molecule has 0 amide bonds. The first-order valence-corrected chi connectivity index (χ1v) is 31.8. The van der Waals surface area contributed by atoms with Crippen molar-refractivity contribution < 1.29 is 92.1 Å². The summed E-state index contributed by atoms with van der Waals surface area (Å²) in [4.78, 5) is 57.9. The quantitative estimate of drug-likeness (QED) is 0.0498. The fraction of sp³-hybridized carbons (Fsp3) is 0.875. The van der Waals surface area contributed by atoms with Crippen LogP contribution in [0.5, 0.6) is 0 Å². The highest BCUT2D eigenvalue weighted by molar-refractivity contribution is 6.26. The molecule has 492 valence electrons. The van der Waals surface area contributed by atoms with Crippen molar-refractivity contribution in [2.24, 2.45) is 46.3 Å². The molecule has 86 heavy (non-hydrogen) atoms. The number of esters is 3. The van der Waals surface area contributed by atoms with E-state index in [1.54, 1.807) is 82.4 Å². The van der Waals surface area contributed by atoms with Crippen molar-refractivity contribution in [2.75, 3.05) is 41.4 Å². The number of carbonyl (C=O) groups excluding carboxylic acids is 4. The van der Waals surface area contributed by atoms with Gasteiger partial charge in [-0.3, -0.25) is 14.4 Å². The van der Waals surface area contributed by atoms with Gasteiger partial charge in [0.2, 0.25) is 0 Å². The molecule has 7 aliphatic rings. The van der Waals surface area contributed by atoms with Gasteiger partial charge in [0.15, 0.2) is 30.1 Å². The van der Waals surface area contributed by atoms with Crippen molar-refractivity contribution in [1.82, 2.24) is 9.80 Å². The Kier molecular flexibility index (Phi) is 21.8. The predicted octanol–water partition coefficient (Wildman–Crippen LogP) is 6.08. The molecule has 2 saturated carbocycles. The summed E-state index contributed by atoms with van der Waals surface area (Å²) < 4.78 is 67.1. The van der Waals surface area contributed by atoms with Crippen LogP contribution in [0.25, 0.3) is 0 Å². The number of ether oxygens (including phenoxy) is 8. The number of carbonyl (C=O) groups is 4. The highest BCUT2D eigenvalue weighted by atomic mass is 35.5. The maximum absolute atomic E-state index is 16.1. The zero-order chi connectivity index (χ0) is 64.4. The zero-order valence-corrected chi connectivity index (χ0v) is 54.8. The van der Waals surface area contributed by atoms with Gasteiger partial charge in [-0.1, -0.05) is 47.6 Å². The van der Waals surface area contributed by atoms with E-state index in [-0.39, 0.29) is 81.7 Å². The van der Waals surface area contributed by atoms with Crippen LogP contribution in [0.15, 0.2) is 23.6 Å². The highest BCUT2D eigenvalue weighted by Crippen LogP contribution is 2.72. The number of alkyl halides is 1. The summed E-state index contributed by atoms with van der Waals surface area (Å²) in [5, 5.41) is 72.5. The number of hydrogen-bond donors (Lipinski definition) is 6. The number of cyclic esters (lactones) is 1. The third-order valence-electron chi connectivity index (χ3n) is 22.0. The normalized spacial score (nSPS) is 48.1. The average molecular weight is 1240 g/mol. The number of rotatable bonds is 14. The minimum atomic E-state index is -2.07. The maximum atomic E-state index is 16.1. The second-order valence-electron chi connectivity index (χ2n) is 28.5. The van der Waals surface area contributed by atoms with Gasteiger partial charge in [0.25, 0.3) is 0 Å². The largest absolute Gasteiger partial charge is 0.464 e. The molecule has 20 nitrogen and oxygen atoms in total. The van der Waals surface area contributed by atoms with Crippen LogP contribution in [-0.4, -0.2) is 212 Å². The Hall–Kier alpha value is -2.74. The number of methoxy groups -OCH3 is 1. The summed E-state index contributed by atoms with van der Waals surface area (Å²) >= 11 is 7.52. The van der Waals surface area contributed by atoms with E-state index in [9.17, 15) is 49.8 Å². The molecule has 0 aromatic rings. The number of ketones is 1. The molecule has 26 atom stereocenters. The van der Waals surface area contributed by atoms with Crippen LogP contribution in [-0.2, 0) is 57.1 Å². The summed E-state index contributed by atoms with van der Waals surface area (Å²) in [6, 6.07) is -1.09. The number of allylic oxidation sites excluding steroid dienone is 4. The predicted molar refractivity (Wildman–Crippen MR) is 316 cm³/mol. The first-order chi connectivity index (χ1) is 39.8. The van der Waals surface area contributed by atoms with E-state index in [4.69, 9.17) is 49.5 Å². The molecule has 6 N–H and O–H groups in total. The van der Waals surface area contributed by atoms with Crippen LogP contribution in [0.4, 0.5) is 4.39 Å². The fourth-order valence-corrected chi connectivity index (χ4v) is 17.1. The summed E-state index contributed by atoms with van der Waals surface area (Å²) in [6.45, 7) is 22.7. The van der Waals surface area contributed by atoms with Gasteiger partial charge < -0.3 is 78.3 Å². The van der Waals surface area contributed by atoms with Crippen molar-refractivity contribution in [2.45, 2.75) is 268 Å². The minimum Gasteiger partial charge on any atom is -0.464 e. The van der Waals surface area contributed by atoms with Crippen molar-refractivity contribution in [3.05, 3.63) is 23.6 Å². The van der Waals surface area contributed by atoms with Crippen molar-refractivity contribution in [1.29, 1.82) is 0 Å². The second kappa shape index (κ2) is 26.5. The third-order valence-corrected chi connectivity index (χ3v) is 22.9. The van der Waals surface area contributed by atoms with Gasteiger partial charge >= 0.3 is 17.9 Å². The molecule has 0 spiro atoms. The van der Waals surface area contributed by atoms with Crippen molar-refractivity contribution in [3.63, 3.8) is 0 Å². The van der Waals surface area contributed by atoms with Gasteiger partial charge in [0, 0.05) is 62.1 Å². The van der Waals surface area contributed by atoms with Crippen LogP contribution in [0.3, 0.4) is 0 Å². The van der Waals surface area contributed by atoms with Crippen LogP contribution < -0.4 is 0 Å². The van der Waals surface area contributed by atoms with E-state index in [0.29, 0.717) is 19.4 Å². The molecule has 3 aliphatic heterocycles. The summed E-state index contributed by atoms with van der Waals surface area (Å²) in [5.41, 5.74) is -8.99. The molecular weight excluding hydrogens is 1140 g/mol. The lowest BCUT2D eigenvalue weighted by atomic mass is 9.46. The molecule has 0 bridgehead atoms. The topological polar surface area (TPSA) is 270 Å². The summed E-state index contributed by atoms with van der Waals surface area (Å²) in [6.07, 6.45) is -7.86. The lowest BCUT2D eigenvalue weighted by Gasteiger charge is -2.63. The molecule has 0 aromatic heterocycles. The number of unbranched alkanes of at least 4 members (excludes halogenated alkanes) is 1. The van der Waals surface area contributed by atoms with Crippen LogP contribution in [0, 0.1) is 46.3 Å². The smallest absolute Gasteiger partial charge is 0.338 e. The summed E-state index contributed by atoms with van der Waals surface area (Å²) in [5.74, 6) is -7.11. The molecule has 0 radical (unpaired) electrons. The second-order valence-corrected chi connectivity index (χ2v) is 29.1. The number of aliphatic hydroxyl groups is 6. The monoisotopic (exact) mass is 1240 g/mol. The zero-order valence-electron chi connectivity index (χ0n) is 54.0. The molecular formula is C64H104ClFN2O18. The van der Waals surface area contributed by atoms with Crippen molar-refractivity contribution in [3.8, 4) is 0 Å². The first kappa shape index (κ1) is 70.7. The molecule has 3 saturated heterocycles. The van der Waals surface area contributed by atoms with Crippen molar-refractivity contribution >= 4 is 35.3 Å². The summed E-state index contributed by atoms with van der Waals surface area (Å²) in [7, 11) is 6.98. The Morgan fingerprint density at radius 3 is 2.17 bits per heavy atom. The number of likely N-dealkylation sites (N-methyl/N-ethyl adjacent to an activating group) is 2. The Labute approximate surface area is 514 Å². The van der Waals surface area contributed by atoms with E-state index < -0.39 is 171 Å². The van der Waals surface area contributed by atoms with Gasteiger partial charge in [0.05, 0.1) is 65.2 Å². The maximum Gasteiger partial charge on any atom is 0.338 e. The third kappa shape index (κ3) is 12.9. The van der Waals surface area contributed by atoms with Gasteiger partial charge in [-0.15, -0.1) is 11.6 Å². The average Bonchev–Trinajstić information content (AvgIpc) is 1.30. The molecule has 3 heterocycles. The number of aliphatic hydroxyl groups excluding tert-OH is 3. The molecule has 4 unspecified atom stereocenters. The van der Waals surface area contributed by atoms with E-state index in [1.807, 2.05) is 37.7 Å². The Morgan fingerprint density at radius 1 is 0.884 bits per heavy atom. The fourth-order valence-electron chi connectivity index (χ4n) is 16.7. The van der Waals surface area contributed by atoms with E-state index in [1.165, 1.54) is 20.1 Å². The lowest BCUT2D eigenvalue weighted by molar-refractivity contribution is -0.319. The van der Waals surface area contributed by atoms with Crippen LogP contribution in [0.2, 0.25) is 0 Å². The molecule has 7 rings (SSSR count). The number of halogens is 2. The number of nitrogens with zero attached hydrogens (tertiary/aromatic N) is 2. The Balaban J connectivity index is 1.11. The van der Waals surface area contributed by atoms with Gasteiger partial charge in [-0.25, -0.2) is 9.18 Å². The number of hydrogen-bond acceptors (Lipinski definition) is 20. The van der Waals surface area contributed by atoms with E-state index in [2.05, 4.69) is 0 Å². The minimum absolute atomic E-state index is 0.0458. The molecule has 5 fully saturated rings. The van der Waals surface area contributed by atoms with Gasteiger partial charge in [0.1, 0.15) is 29.7 Å². The number of fused-ring (bicyclic) bond motifs is 5. The standard InChI is InChI=1S/C64H104ClFN2O18/c1-18-47-62(13,77)52(72)38(7)68(16)32-33(2)29-60(11,76)54(36(5)50(37(6)55(74)83-47)85-49-31-61(12,79-17)53(73)39(8)82-49)86-56-51(45(67(14)15)26-35(4)81-56)84-48(71)21-19-20-24-80-57(75)64(78)34(3)25-41-42-28-44(66)43-27-40(69)22-23-58(43,9)63(42,65)46(70)30-59(41,64)10/h22-23,33-39,41-42,45-47,49-54,56,70,72-73,76-78H,18-21,24-32H2,1-17H3/t33-,34-,35-,36+,37-,38-,39?,41?,42?,45-,46+,47-,49-,50+,51-,52-,53-,54?,56+,58+,59+,60-,61+,62-,63+,64+/m1/s1. The Morgan fingerprint density at radius 2 is 1.55 bits per heavy atom. The molecule has 22 heteroatoms. The van der Waals surface area contributed by atoms with Gasteiger partial charge in [-0.05, 0) is 150 Å². The first-order valence-electron chi connectivity index (χ1n) is 31.4. The SMILES string of the molecule is CC[C@H]1OC(=O)[C@H](C)[C@@H](O[C@@H]2C[C@](C)(OC)[C@H](O)C(C)O2)[C@H](C)C(O[C@@H]2O[C@H](C)C[C@@H](N(C)C)[C@H]2OC(=O)CCCCOC(=O)[C@@]2(O)[C@H](C)CC3C4CC(F)=C5CC(=O)C=C[C@]5(C)[C@@]4(Cl)[C@@H](O)C[C@@]32C)[C@](C)(O)C[C@@H](C)CN(C)[C@H](C)[C@@H](O)[C@]1(C)O. The van der Waals surface area contributed by atoms with E-state index >= 15 is 4.39 Å². The van der Waals surface area contributed by atoms with Crippen LogP contribution in [0.1, 0.15) is 161 Å². The molecule has 0 aromatic carbocycles. The Bertz CT molecular complexity index is 2500. The van der Waals surface area contributed by atoms with E-state index in [0.717, 1.165) is 0 Å². The van der Waals surface area contributed by atoms with Crippen LogP contribution >= 0.6 is 11.6 Å².